The summed E-state index contributed by atoms with van der Waals surface area (Å²) >= 11 is 0. The number of nitrogens with zero attached hydrogens (tertiary/aromatic N) is 2. The molecule has 0 bridgehead atoms. The van der Waals surface area contributed by atoms with Crippen LogP contribution in [0, 0.1) is 0 Å². The minimum Gasteiger partial charge on any atom is -0.476 e. The van der Waals surface area contributed by atoms with Crippen molar-refractivity contribution in [3.8, 4) is 16.9 Å². The van der Waals surface area contributed by atoms with Gasteiger partial charge in [0.1, 0.15) is 17.1 Å². The van der Waals surface area contributed by atoms with Crippen LogP contribution in [0.5, 0.6) is 5.75 Å². The van der Waals surface area contributed by atoms with Crippen molar-refractivity contribution in [2.45, 2.75) is 90.3 Å². The van der Waals surface area contributed by atoms with Gasteiger partial charge in [0.05, 0.1) is 13.2 Å². The summed E-state index contributed by atoms with van der Waals surface area (Å²) < 4.78 is 11.1. The molecule has 1 fully saturated rings. The molecule has 0 radical (unpaired) electrons. The second-order valence-corrected chi connectivity index (χ2v) is 10.3. The highest BCUT2D eigenvalue weighted by molar-refractivity contribution is 6.08. The molecule has 0 unspecified atom stereocenters. The van der Waals surface area contributed by atoms with E-state index in [2.05, 4.69) is 25.1 Å². The summed E-state index contributed by atoms with van der Waals surface area (Å²) in [6.45, 7) is 8.21. The molecular weight excluding hydrogens is 452 g/mol. The zero-order chi connectivity index (χ0) is 25.8. The van der Waals surface area contributed by atoms with E-state index in [1.165, 1.54) is 0 Å². The number of rotatable bonds is 10. The van der Waals surface area contributed by atoms with E-state index >= 15 is 0 Å². The predicted molar refractivity (Wildman–Crippen MR) is 142 cm³/mol. The first-order valence-corrected chi connectivity index (χ1v) is 13.2. The lowest BCUT2D eigenvalue weighted by Crippen LogP contribution is -2.40. The average Bonchev–Trinajstić information content (AvgIpc) is 3.44. The van der Waals surface area contributed by atoms with Crippen molar-refractivity contribution in [3.05, 3.63) is 54.1 Å². The summed E-state index contributed by atoms with van der Waals surface area (Å²) in [5.41, 5.74) is 1.48. The van der Waals surface area contributed by atoms with Crippen LogP contribution >= 0.6 is 0 Å². The van der Waals surface area contributed by atoms with Crippen LogP contribution in [0.2, 0.25) is 0 Å². The summed E-state index contributed by atoms with van der Waals surface area (Å²) in [6.07, 6.45) is 6.85. The number of hydrogen-bond donors (Lipinski definition) is 0. The Morgan fingerprint density at radius 2 is 1.75 bits per heavy atom. The Hall–Kier alpha value is -3.15. The van der Waals surface area contributed by atoms with Crippen molar-refractivity contribution in [2.24, 2.45) is 4.99 Å². The lowest BCUT2D eigenvalue weighted by Gasteiger charge is -2.24. The molecular formula is C30H38N2O4. The molecule has 0 atom stereocenters. The molecule has 6 nitrogen and oxygen atoms in total. The number of hydrogen-bond acceptors (Lipinski definition) is 5. The lowest BCUT2D eigenvalue weighted by molar-refractivity contribution is -0.158. The van der Waals surface area contributed by atoms with Gasteiger partial charge in [-0.25, -0.2) is 4.79 Å². The first-order valence-electron chi connectivity index (χ1n) is 13.2. The van der Waals surface area contributed by atoms with Crippen molar-refractivity contribution in [1.29, 1.82) is 0 Å². The van der Waals surface area contributed by atoms with Crippen LogP contribution in [0.3, 0.4) is 0 Å². The molecule has 0 aromatic heterocycles. The van der Waals surface area contributed by atoms with E-state index in [-0.39, 0.29) is 5.91 Å². The molecule has 1 heterocycles. The fraction of sp³-hybridized carbons (Fsp3) is 0.500. The fourth-order valence-corrected chi connectivity index (χ4v) is 5.11. The monoisotopic (exact) mass is 490 g/mol. The molecule has 6 heteroatoms. The number of amides is 1. The van der Waals surface area contributed by atoms with Crippen LogP contribution in [0.4, 0.5) is 0 Å². The first-order chi connectivity index (χ1) is 17.3. The van der Waals surface area contributed by atoms with Gasteiger partial charge in [0.25, 0.3) is 5.91 Å². The Balaban J connectivity index is 1.54. The van der Waals surface area contributed by atoms with E-state index in [0.29, 0.717) is 18.9 Å². The maximum absolute atomic E-state index is 13.5. The van der Waals surface area contributed by atoms with E-state index in [0.717, 1.165) is 67.5 Å². The smallest absolute Gasteiger partial charge is 0.349 e. The fourth-order valence-electron chi connectivity index (χ4n) is 5.11. The zero-order valence-corrected chi connectivity index (χ0v) is 22.0. The number of carbonyl (C=O) groups excluding carboxylic acids is 2. The second-order valence-electron chi connectivity index (χ2n) is 10.3. The van der Waals surface area contributed by atoms with E-state index < -0.39 is 17.1 Å². The van der Waals surface area contributed by atoms with Crippen molar-refractivity contribution in [2.75, 3.05) is 6.61 Å². The number of benzene rings is 2. The van der Waals surface area contributed by atoms with E-state index in [4.69, 9.17) is 14.5 Å². The first kappa shape index (κ1) is 25.9. The van der Waals surface area contributed by atoms with Gasteiger partial charge < -0.3 is 9.47 Å². The Morgan fingerprint density at radius 1 is 1.06 bits per heavy atom. The van der Waals surface area contributed by atoms with E-state index in [9.17, 15) is 9.59 Å². The Labute approximate surface area is 214 Å². The third-order valence-electron chi connectivity index (χ3n) is 7.06. The third kappa shape index (κ3) is 5.48. The molecule has 1 aliphatic heterocycles. The molecule has 1 spiro atoms. The maximum Gasteiger partial charge on any atom is 0.349 e. The highest BCUT2D eigenvalue weighted by Crippen LogP contribution is 2.40. The number of unbranched alkanes of at least 4 members (excludes halogenated alkanes) is 1. The SMILES string of the molecule is CCCCC1=NC2(CCCC2)C(=O)N1Cc1cccc(-c2cccc(OC(C)(C)C(=O)OCC)c2)c1. The Bertz CT molecular complexity index is 1130. The number of aliphatic imine (C=N–C) groups is 1. The third-order valence-corrected chi connectivity index (χ3v) is 7.06. The van der Waals surface area contributed by atoms with Gasteiger partial charge in [-0.05, 0) is 74.9 Å². The number of ether oxygens (including phenoxy) is 2. The van der Waals surface area contributed by atoms with Crippen molar-refractivity contribution < 1.29 is 19.1 Å². The number of amidine groups is 1. The van der Waals surface area contributed by atoms with Crippen molar-refractivity contribution >= 4 is 17.7 Å². The van der Waals surface area contributed by atoms with Gasteiger partial charge in [0, 0.05) is 6.42 Å². The van der Waals surface area contributed by atoms with Gasteiger partial charge >= 0.3 is 5.97 Å². The molecule has 1 saturated carbocycles. The highest BCUT2D eigenvalue weighted by atomic mass is 16.6. The van der Waals surface area contributed by atoms with Crippen molar-refractivity contribution in [1.82, 2.24) is 4.90 Å². The molecule has 192 valence electrons. The normalized spacial score (nSPS) is 16.9. The molecule has 2 aromatic carbocycles. The van der Waals surface area contributed by atoms with E-state index in [1.807, 2.05) is 35.2 Å². The molecule has 1 amide bonds. The van der Waals surface area contributed by atoms with Gasteiger partial charge in [-0.15, -0.1) is 0 Å². The molecule has 0 N–H and O–H groups in total. The van der Waals surface area contributed by atoms with Crippen LogP contribution < -0.4 is 4.74 Å². The summed E-state index contributed by atoms with van der Waals surface area (Å²) in [5, 5.41) is 0. The maximum atomic E-state index is 13.5. The van der Waals surface area contributed by atoms with Crippen LogP contribution in [0.15, 0.2) is 53.5 Å². The number of esters is 1. The van der Waals surface area contributed by atoms with Gasteiger partial charge in [-0.3, -0.25) is 14.7 Å². The van der Waals surface area contributed by atoms with Gasteiger partial charge in [-0.1, -0.05) is 56.5 Å². The quantitative estimate of drug-likeness (QED) is 0.366. The highest BCUT2D eigenvalue weighted by Gasteiger charge is 2.49. The van der Waals surface area contributed by atoms with Crippen LogP contribution in [0.25, 0.3) is 11.1 Å². The average molecular weight is 491 g/mol. The minimum atomic E-state index is -1.09. The van der Waals surface area contributed by atoms with Gasteiger partial charge in [0.15, 0.2) is 5.60 Å². The molecule has 0 saturated heterocycles. The predicted octanol–water partition coefficient (Wildman–Crippen LogP) is 6.32. The summed E-state index contributed by atoms with van der Waals surface area (Å²) in [6, 6.07) is 16.0. The molecule has 1 aliphatic carbocycles. The van der Waals surface area contributed by atoms with Gasteiger partial charge in [0.2, 0.25) is 0 Å². The van der Waals surface area contributed by atoms with E-state index in [1.54, 1.807) is 20.8 Å². The molecule has 2 aromatic rings. The Kier molecular flexibility index (Phi) is 7.82. The second kappa shape index (κ2) is 10.9. The zero-order valence-electron chi connectivity index (χ0n) is 22.0. The summed E-state index contributed by atoms with van der Waals surface area (Å²) in [4.78, 5) is 32.7. The number of carbonyl (C=O) groups is 2. The molecule has 4 rings (SSSR count). The molecule has 36 heavy (non-hydrogen) atoms. The van der Waals surface area contributed by atoms with Crippen LogP contribution in [-0.2, 0) is 20.9 Å². The van der Waals surface area contributed by atoms with Crippen LogP contribution in [0.1, 0.15) is 78.2 Å². The summed E-state index contributed by atoms with van der Waals surface area (Å²) in [7, 11) is 0. The molecule has 2 aliphatic rings. The minimum absolute atomic E-state index is 0.174. The van der Waals surface area contributed by atoms with Crippen molar-refractivity contribution in [3.63, 3.8) is 0 Å². The standard InChI is InChI=1S/C30H38N2O4/c1-5-7-16-26-31-30(17-8-9-18-30)27(33)32(26)21-22-12-10-13-23(19-22)24-14-11-15-25(20-24)36-29(3,4)28(34)35-6-2/h10-15,19-20H,5-9,16-18,21H2,1-4H3. The van der Waals surface area contributed by atoms with Gasteiger partial charge in [-0.2, -0.15) is 0 Å². The largest absolute Gasteiger partial charge is 0.476 e. The topological polar surface area (TPSA) is 68.2 Å². The summed E-state index contributed by atoms with van der Waals surface area (Å²) in [5.74, 6) is 1.33. The van der Waals surface area contributed by atoms with Crippen LogP contribution in [-0.4, -0.2) is 40.4 Å². The Morgan fingerprint density at radius 3 is 2.44 bits per heavy atom. The lowest BCUT2D eigenvalue weighted by atomic mass is 9.97.